The molecule has 0 bridgehead atoms. The summed E-state index contributed by atoms with van der Waals surface area (Å²) in [5.74, 6) is 0.698. The third-order valence-electron chi connectivity index (χ3n) is 5.04. The molecule has 0 aliphatic heterocycles. The molecule has 0 spiro atoms. The minimum absolute atomic E-state index is 0.230. The van der Waals surface area contributed by atoms with Crippen LogP contribution in [0, 0.1) is 5.82 Å². The van der Waals surface area contributed by atoms with Crippen LogP contribution in [0.3, 0.4) is 0 Å². The summed E-state index contributed by atoms with van der Waals surface area (Å²) in [4.78, 5) is 7.28. The topological polar surface area (TPSA) is 25.5 Å². The summed E-state index contributed by atoms with van der Waals surface area (Å²) in [5, 5.41) is 0. The van der Waals surface area contributed by atoms with E-state index in [4.69, 9.17) is 4.98 Å². The van der Waals surface area contributed by atoms with Crippen LogP contribution in [-0.2, 0) is 6.54 Å². The van der Waals surface area contributed by atoms with E-state index in [-0.39, 0.29) is 5.82 Å². The zero-order valence-corrected chi connectivity index (χ0v) is 15.2. The van der Waals surface area contributed by atoms with Crippen LogP contribution in [0.1, 0.15) is 13.8 Å². The fourth-order valence-electron chi connectivity index (χ4n) is 3.50. The fourth-order valence-corrected chi connectivity index (χ4v) is 3.50. The van der Waals surface area contributed by atoms with Gasteiger partial charge in [-0.05, 0) is 49.5 Å². The molecule has 0 saturated heterocycles. The molecule has 2 heterocycles. The quantitative estimate of drug-likeness (QED) is 0.514. The molecular weight excluding hydrogens is 327 g/mol. The first kappa shape index (κ1) is 16.8. The van der Waals surface area contributed by atoms with Gasteiger partial charge in [0.2, 0.25) is 5.78 Å². The number of benzene rings is 2. The number of hydrogen-bond acceptors (Lipinski definition) is 2. The first-order chi connectivity index (χ1) is 12.7. The Bertz CT molecular complexity index is 1030. The maximum absolute atomic E-state index is 13.2. The lowest BCUT2D eigenvalue weighted by atomic mass is 10.2. The molecule has 4 rings (SSSR count). The van der Waals surface area contributed by atoms with Crippen molar-refractivity contribution >= 4 is 16.8 Å². The third kappa shape index (κ3) is 2.88. The summed E-state index contributed by atoms with van der Waals surface area (Å²) in [5.41, 5.74) is 4.12. The monoisotopic (exact) mass is 350 g/mol. The molecule has 0 radical (unpaired) electrons. The molecule has 0 N–H and O–H groups in total. The maximum atomic E-state index is 13.2. The third-order valence-corrected chi connectivity index (χ3v) is 5.04. The highest BCUT2D eigenvalue weighted by atomic mass is 19.1. The van der Waals surface area contributed by atoms with Crippen LogP contribution >= 0.6 is 0 Å². The Kier molecular flexibility index (Phi) is 4.47. The molecule has 5 heteroatoms. The van der Waals surface area contributed by atoms with Gasteiger partial charge in [-0.25, -0.2) is 9.37 Å². The second-order valence-corrected chi connectivity index (χ2v) is 6.47. The number of imidazole rings is 2. The number of hydrogen-bond donors (Lipinski definition) is 0. The van der Waals surface area contributed by atoms with Crippen LogP contribution < -0.4 is 0 Å². The van der Waals surface area contributed by atoms with Gasteiger partial charge in [0.05, 0.1) is 16.7 Å². The first-order valence-corrected chi connectivity index (χ1v) is 9.16. The minimum atomic E-state index is -0.230. The van der Waals surface area contributed by atoms with E-state index in [9.17, 15) is 4.39 Å². The molecular formula is C21H23FN4. The molecule has 0 fully saturated rings. The Labute approximate surface area is 152 Å². The second-order valence-electron chi connectivity index (χ2n) is 6.47. The fraction of sp³-hybridized carbons (Fsp3) is 0.286. The zero-order chi connectivity index (χ0) is 18.1. The van der Waals surface area contributed by atoms with Crippen molar-refractivity contribution in [2.45, 2.75) is 20.4 Å². The molecule has 2 aromatic heterocycles. The summed E-state index contributed by atoms with van der Waals surface area (Å²) in [6.07, 6.45) is 2.04. The Morgan fingerprint density at radius 1 is 0.962 bits per heavy atom. The van der Waals surface area contributed by atoms with E-state index in [0.717, 1.165) is 48.7 Å². The highest BCUT2D eigenvalue weighted by molar-refractivity contribution is 5.82. The van der Waals surface area contributed by atoms with Gasteiger partial charge < -0.3 is 9.47 Å². The van der Waals surface area contributed by atoms with Crippen LogP contribution in [-0.4, -0.2) is 38.5 Å². The minimum Gasteiger partial charge on any atom is -0.308 e. The molecule has 0 amide bonds. The Hall–Kier alpha value is -2.66. The van der Waals surface area contributed by atoms with Crippen molar-refractivity contribution in [3.05, 3.63) is 60.5 Å². The summed E-state index contributed by atoms with van der Waals surface area (Å²) >= 11 is 0. The summed E-state index contributed by atoms with van der Waals surface area (Å²) in [6.45, 7) is 8.34. The Morgan fingerprint density at radius 3 is 2.35 bits per heavy atom. The van der Waals surface area contributed by atoms with Crippen molar-refractivity contribution in [2.24, 2.45) is 0 Å². The van der Waals surface area contributed by atoms with Gasteiger partial charge in [0, 0.05) is 24.8 Å². The smallest absolute Gasteiger partial charge is 0.215 e. The van der Waals surface area contributed by atoms with Gasteiger partial charge in [0.15, 0.2) is 0 Å². The molecule has 4 aromatic rings. The van der Waals surface area contributed by atoms with Crippen LogP contribution in [0.15, 0.2) is 54.7 Å². The average molecular weight is 350 g/mol. The van der Waals surface area contributed by atoms with Crippen LogP contribution in [0.4, 0.5) is 4.39 Å². The second kappa shape index (κ2) is 6.92. The number of nitrogens with zero attached hydrogens (tertiary/aromatic N) is 4. The van der Waals surface area contributed by atoms with E-state index in [0.29, 0.717) is 0 Å². The SMILES string of the molecule is CCN(CC)CCn1c2ccccc2n2cc(-c3ccc(F)cc3)nc12. The van der Waals surface area contributed by atoms with Gasteiger partial charge >= 0.3 is 0 Å². The van der Waals surface area contributed by atoms with Crippen molar-refractivity contribution in [2.75, 3.05) is 19.6 Å². The normalized spacial score (nSPS) is 11.8. The Balaban J connectivity index is 1.81. The lowest BCUT2D eigenvalue weighted by molar-refractivity contribution is 0.293. The van der Waals surface area contributed by atoms with E-state index in [1.807, 2.05) is 12.3 Å². The van der Waals surface area contributed by atoms with Crippen LogP contribution in [0.2, 0.25) is 0 Å². The summed E-state index contributed by atoms with van der Waals surface area (Å²) < 4.78 is 17.6. The predicted molar refractivity (Wildman–Crippen MR) is 104 cm³/mol. The Morgan fingerprint density at radius 2 is 1.65 bits per heavy atom. The van der Waals surface area contributed by atoms with Crippen molar-refractivity contribution in [3.63, 3.8) is 0 Å². The lowest BCUT2D eigenvalue weighted by Gasteiger charge is -2.18. The zero-order valence-electron chi connectivity index (χ0n) is 15.2. The van der Waals surface area contributed by atoms with Gasteiger partial charge in [-0.1, -0.05) is 26.0 Å². The van der Waals surface area contributed by atoms with E-state index < -0.39 is 0 Å². The number of halogens is 1. The molecule has 0 aliphatic rings. The number of rotatable bonds is 6. The first-order valence-electron chi connectivity index (χ1n) is 9.16. The van der Waals surface area contributed by atoms with E-state index in [2.05, 4.69) is 45.9 Å². The van der Waals surface area contributed by atoms with Crippen LogP contribution in [0.25, 0.3) is 28.1 Å². The molecule has 26 heavy (non-hydrogen) atoms. The number of aromatic nitrogens is 3. The van der Waals surface area contributed by atoms with E-state index >= 15 is 0 Å². The van der Waals surface area contributed by atoms with Crippen molar-refractivity contribution in [1.82, 2.24) is 18.9 Å². The number of fused-ring (bicyclic) bond motifs is 3. The lowest BCUT2D eigenvalue weighted by Crippen LogP contribution is -2.27. The average Bonchev–Trinajstić information content (AvgIpc) is 3.22. The molecule has 0 saturated carbocycles. The van der Waals surface area contributed by atoms with Gasteiger partial charge in [0.25, 0.3) is 0 Å². The summed E-state index contributed by atoms with van der Waals surface area (Å²) in [6, 6.07) is 14.9. The number of para-hydroxylation sites is 2. The van der Waals surface area contributed by atoms with Crippen molar-refractivity contribution in [3.8, 4) is 11.3 Å². The highest BCUT2D eigenvalue weighted by Crippen LogP contribution is 2.25. The van der Waals surface area contributed by atoms with E-state index in [1.54, 1.807) is 12.1 Å². The van der Waals surface area contributed by atoms with Crippen molar-refractivity contribution in [1.29, 1.82) is 0 Å². The molecule has 4 nitrogen and oxygen atoms in total. The molecule has 134 valence electrons. The predicted octanol–water partition coefficient (Wildman–Crippen LogP) is 4.44. The van der Waals surface area contributed by atoms with Gasteiger partial charge in [-0.2, -0.15) is 0 Å². The van der Waals surface area contributed by atoms with Gasteiger partial charge in [-0.3, -0.25) is 4.40 Å². The van der Waals surface area contributed by atoms with E-state index in [1.165, 1.54) is 17.6 Å². The van der Waals surface area contributed by atoms with Crippen LogP contribution in [0.5, 0.6) is 0 Å². The molecule has 0 atom stereocenters. The summed E-state index contributed by atoms with van der Waals surface area (Å²) in [7, 11) is 0. The maximum Gasteiger partial charge on any atom is 0.215 e. The molecule has 0 unspecified atom stereocenters. The van der Waals surface area contributed by atoms with Gasteiger partial charge in [-0.15, -0.1) is 0 Å². The van der Waals surface area contributed by atoms with Gasteiger partial charge in [0.1, 0.15) is 5.82 Å². The molecule has 0 aliphatic carbocycles. The highest BCUT2D eigenvalue weighted by Gasteiger charge is 2.15. The largest absolute Gasteiger partial charge is 0.308 e. The standard InChI is InChI=1S/C21H23FN4/c1-3-24(4-2)13-14-25-19-7-5-6-8-20(19)26-15-18(23-21(25)26)16-9-11-17(22)12-10-16/h5-12,15H,3-4,13-14H2,1-2H3. The molecule has 2 aromatic carbocycles. The van der Waals surface area contributed by atoms with Crippen molar-refractivity contribution < 1.29 is 4.39 Å². The number of likely N-dealkylation sites (N-methyl/N-ethyl adjacent to an activating group) is 1.